The molecule has 0 aromatic carbocycles. The zero-order chi connectivity index (χ0) is 23.2. The predicted molar refractivity (Wildman–Crippen MR) is 152 cm³/mol. The molecular weight excluding hydrogens is 577 g/mol. The Kier molecular flexibility index (Phi) is 26.5. The highest BCUT2D eigenvalue weighted by Crippen LogP contribution is 2.18. The van der Waals surface area contributed by atoms with Crippen molar-refractivity contribution in [3.8, 4) is 0 Å². The van der Waals surface area contributed by atoms with Gasteiger partial charge in [0.2, 0.25) is 0 Å². The molecule has 2 N–H and O–H groups in total. The van der Waals surface area contributed by atoms with E-state index in [2.05, 4.69) is 0 Å². The lowest BCUT2D eigenvalue weighted by atomic mass is 10.9. The van der Waals surface area contributed by atoms with Gasteiger partial charge in [0.05, 0.1) is 34.2 Å². The van der Waals surface area contributed by atoms with Gasteiger partial charge in [-0.1, -0.05) is 35.3 Å². The number of carbonyl (C=O) groups excluding carboxylic acids is 3. The normalized spacial score (nSPS) is 12.1. The van der Waals surface area contributed by atoms with E-state index in [1.165, 1.54) is 94.1 Å². The van der Waals surface area contributed by atoms with Gasteiger partial charge in [0.15, 0.2) is 15.3 Å². The Labute approximate surface area is 221 Å². The van der Waals surface area contributed by atoms with Gasteiger partial charge >= 0.3 is 0 Å². The Bertz CT molecular complexity index is 524. The summed E-state index contributed by atoms with van der Waals surface area (Å²) in [6.07, 6.45) is 0. The molecule has 182 valence electrons. The molecule has 0 aliphatic rings. The fraction of sp³-hybridized carbons (Fsp3) is 0.812. The summed E-state index contributed by atoms with van der Waals surface area (Å²) >= 11 is 10.7. The highest BCUT2D eigenvalue weighted by molar-refractivity contribution is 8.27. The Morgan fingerprint density at radius 1 is 0.613 bits per heavy atom. The molecule has 0 rings (SSSR count). The summed E-state index contributed by atoms with van der Waals surface area (Å²) in [6, 6.07) is 0. The van der Waals surface area contributed by atoms with Crippen molar-refractivity contribution >= 4 is 120 Å². The second kappa shape index (κ2) is 25.0. The van der Waals surface area contributed by atoms with Gasteiger partial charge in [-0.3, -0.25) is 18.6 Å². The van der Waals surface area contributed by atoms with Crippen molar-refractivity contribution in [3.63, 3.8) is 0 Å². The Hall–Kier alpha value is 1.88. The zero-order valence-electron chi connectivity index (χ0n) is 16.9. The van der Waals surface area contributed by atoms with Crippen LogP contribution in [0.1, 0.15) is 0 Å². The lowest BCUT2D eigenvalue weighted by Crippen LogP contribution is -2.06. The van der Waals surface area contributed by atoms with Gasteiger partial charge in [-0.05, 0) is 0 Å². The lowest BCUT2D eigenvalue weighted by molar-refractivity contribution is -0.109. The Morgan fingerprint density at radius 3 is 1.68 bits per heavy atom. The van der Waals surface area contributed by atoms with Crippen LogP contribution in [0.3, 0.4) is 0 Å². The summed E-state index contributed by atoms with van der Waals surface area (Å²) in [5, 5.41) is 18.5. The number of thioether (sulfide) groups is 8. The summed E-state index contributed by atoms with van der Waals surface area (Å²) in [5.74, 6) is 5.17. The van der Waals surface area contributed by atoms with E-state index in [1.54, 1.807) is 0 Å². The van der Waals surface area contributed by atoms with Crippen LogP contribution in [0.4, 0.5) is 0 Å². The first-order valence-corrected chi connectivity index (χ1v) is 19.1. The van der Waals surface area contributed by atoms with Crippen molar-refractivity contribution in [1.82, 2.24) is 0 Å². The van der Waals surface area contributed by atoms with E-state index < -0.39 is 10.8 Å². The average molecular weight is 605 g/mol. The highest BCUT2D eigenvalue weighted by atomic mass is 32.2. The molecule has 0 spiro atoms. The van der Waals surface area contributed by atoms with E-state index in [0.29, 0.717) is 44.7 Å². The van der Waals surface area contributed by atoms with E-state index in [-0.39, 0.29) is 33.0 Å². The number of carbonyl (C=O) groups is 3. The molecule has 0 aliphatic heterocycles. The van der Waals surface area contributed by atoms with Crippen molar-refractivity contribution in [3.05, 3.63) is 0 Å². The van der Waals surface area contributed by atoms with Crippen LogP contribution in [-0.2, 0) is 25.2 Å². The van der Waals surface area contributed by atoms with Gasteiger partial charge in [0.1, 0.15) is 0 Å². The molecule has 0 saturated carbocycles. The van der Waals surface area contributed by atoms with Crippen molar-refractivity contribution in [2.45, 2.75) is 0 Å². The van der Waals surface area contributed by atoms with Crippen LogP contribution in [0.5, 0.6) is 0 Å². The Balaban J connectivity index is 3.52. The van der Waals surface area contributed by atoms with E-state index in [1.807, 2.05) is 0 Å². The molecule has 0 aromatic rings. The van der Waals surface area contributed by atoms with Gasteiger partial charge in [-0.2, -0.15) is 11.8 Å². The van der Waals surface area contributed by atoms with Crippen LogP contribution in [0.15, 0.2) is 0 Å². The molecule has 0 heterocycles. The summed E-state index contributed by atoms with van der Waals surface area (Å²) in [7, 11) is -0.976. The molecule has 0 fully saturated rings. The minimum absolute atomic E-state index is 0.0147. The minimum Gasteiger partial charge on any atom is -0.386 e. The van der Waals surface area contributed by atoms with Crippen LogP contribution >= 0.6 is 94.1 Å². The Morgan fingerprint density at radius 2 is 1.13 bits per heavy atom. The molecule has 0 aromatic heterocycles. The topological polar surface area (TPSA) is 109 Å². The average Bonchev–Trinajstić information content (AvgIpc) is 2.75. The van der Waals surface area contributed by atoms with Gasteiger partial charge in [-0.15, -0.1) is 47.0 Å². The van der Waals surface area contributed by atoms with Crippen LogP contribution in [0.2, 0.25) is 0 Å². The summed E-state index contributed by atoms with van der Waals surface area (Å²) in [5.41, 5.74) is 0. The van der Waals surface area contributed by atoms with Crippen molar-refractivity contribution in [2.24, 2.45) is 0 Å². The molecular formula is C16H28O6S9. The smallest absolute Gasteiger partial charge is 0.199 e. The second-order valence-corrected chi connectivity index (χ2v) is 16.0. The first kappa shape index (κ1) is 32.9. The molecule has 6 nitrogen and oxygen atoms in total. The van der Waals surface area contributed by atoms with Crippen LogP contribution in [-0.4, -0.2) is 104 Å². The number of aliphatic hydroxyl groups excluding tert-OH is 2. The molecule has 0 amide bonds. The van der Waals surface area contributed by atoms with Crippen LogP contribution < -0.4 is 0 Å². The second-order valence-electron chi connectivity index (χ2n) is 5.16. The van der Waals surface area contributed by atoms with Crippen LogP contribution in [0, 0.1) is 0 Å². The highest BCUT2D eigenvalue weighted by Gasteiger charge is 2.09. The third kappa shape index (κ3) is 24.8. The summed E-state index contributed by atoms with van der Waals surface area (Å²) in [4.78, 5) is 35.1. The molecule has 15 heteroatoms. The number of rotatable bonds is 21. The van der Waals surface area contributed by atoms with E-state index in [0.717, 1.165) is 11.5 Å². The van der Waals surface area contributed by atoms with Crippen LogP contribution in [0.25, 0.3) is 0 Å². The predicted octanol–water partition coefficient (Wildman–Crippen LogP) is 3.00. The van der Waals surface area contributed by atoms with E-state index in [9.17, 15) is 18.6 Å². The summed E-state index contributed by atoms with van der Waals surface area (Å²) in [6.45, 7) is 0. The quantitative estimate of drug-likeness (QED) is 0.148. The van der Waals surface area contributed by atoms with Gasteiger partial charge in [-0.25, -0.2) is 0 Å². The van der Waals surface area contributed by atoms with E-state index in [4.69, 9.17) is 10.2 Å². The first-order valence-electron chi connectivity index (χ1n) is 8.91. The third-order valence-electron chi connectivity index (χ3n) is 2.80. The zero-order valence-corrected chi connectivity index (χ0v) is 24.2. The third-order valence-corrected chi connectivity index (χ3v) is 13.1. The molecule has 0 bridgehead atoms. The molecule has 1 atom stereocenters. The molecule has 0 saturated heterocycles. The molecule has 31 heavy (non-hydrogen) atoms. The maximum Gasteiger partial charge on any atom is 0.199 e. The lowest BCUT2D eigenvalue weighted by Gasteiger charge is -2.04. The monoisotopic (exact) mass is 604 g/mol. The van der Waals surface area contributed by atoms with E-state index >= 15 is 0 Å². The van der Waals surface area contributed by atoms with Crippen molar-refractivity contribution < 1.29 is 28.8 Å². The first-order chi connectivity index (χ1) is 15.0. The van der Waals surface area contributed by atoms with Crippen molar-refractivity contribution in [2.75, 3.05) is 73.8 Å². The number of hydrogen-bond acceptors (Lipinski definition) is 14. The molecule has 0 aliphatic carbocycles. The molecule has 1 unspecified atom stereocenters. The van der Waals surface area contributed by atoms with Gasteiger partial charge in [0, 0.05) is 50.4 Å². The maximum atomic E-state index is 12.0. The fourth-order valence-corrected chi connectivity index (χ4v) is 10.5. The number of hydrogen-bond donors (Lipinski definition) is 2. The maximum absolute atomic E-state index is 12.0. The minimum atomic E-state index is -0.976. The SMILES string of the molecule is O=C(CSCCS(=O)CSCSC(=O)CSCC(=O)SCCSCO)SCCSCO. The molecule has 0 radical (unpaired) electrons. The number of aliphatic hydroxyl groups is 2. The van der Waals surface area contributed by atoms with Gasteiger partial charge < -0.3 is 10.2 Å². The van der Waals surface area contributed by atoms with Crippen molar-refractivity contribution in [1.29, 1.82) is 0 Å². The van der Waals surface area contributed by atoms with Gasteiger partial charge in [0.25, 0.3) is 0 Å². The largest absolute Gasteiger partial charge is 0.386 e. The summed E-state index contributed by atoms with van der Waals surface area (Å²) < 4.78 is 12.0. The fourth-order valence-electron chi connectivity index (χ4n) is 1.50. The standard InChI is InChI=1S/C16H28O6S9/c17-10-24-1-3-28-14(19)7-23-5-6-31(22)13-27-12-30-16(21)9-26-8-15(20)29-4-2-25-11-18/h17-18H,1-13H2.